The van der Waals surface area contributed by atoms with Gasteiger partial charge in [0.05, 0.1) is 5.41 Å². The van der Waals surface area contributed by atoms with Gasteiger partial charge in [-0.25, -0.2) is 0 Å². The molecule has 1 aromatic rings. The van der Waals surface area contributed by atoms with E-state index in [1.807, 2.05) is 0 Å². The van der Waals surface area contributed by atoms with E-state index in [4.69, 9.17) is 14.8 Å². The number of benzene rings is 1. The summed E-state index contributed by atoms with van der Waals surface area (Å²) in [5.41, 5.74) is -0.0770. The molecule has 0 unspecified atom stereocenters. The molecule has 0 aromatic heterocycles. The summed E-state index contributed by atoms with van der Waals surface area (Å²) < 4.78 is 5.21. The lowest BCUT2D eigenvalue weighted by atomic mass is 9.71. The van der Waals surface area contributed by atoms with Gasteiger partial charge in [0, 0.05) is 13.2 Å². The number of carboxylic acids is 1. The van der Waals surface area contributed by atoms with Gasteiger partial charge in [0.2, 0.25) is 0 Å². The molecule has 0 atom stereocenters. The fourth-order valence-corrected chi connectivity index (χ4v) is 2.34. The maximum atomic E-state index is 11.6. The molecule has 1 saturated heterocycles. The van der Waals surface area contributed by atoms with Crippen LogP contribution in [0.1, 0.15) is 18.4 Å². The van der Waals surface area contributed by atoms with E-state index in [2.05, 4.69) is 0 Å². The normalized spacial score (nSPS) is 18.3. The highest BCUT2D eigenvalue weighted by Gasteiger charge is 2.42. The van der Waals surface area contributed by atoms with Gasteiger partial charge in [0.1, 0.15) is 0 Å². The molecule has 0 bridgehead atoms. The van der Waals surface area contributed by atoms with Crippen LogP contribution >= 0.6 is 0 Å². The molecule has 1 aliphatic rings. The molecule has 0 amide bonds. The van der Waals surface area contributed by atoms with E-state index in [1.54, 1.807) is 24.3 Å². The second-order valence-corrected chi connectivity index (χ2v) is 4.50. The Morgan fingerprint density at radius 2 is 1.94 bits per heavy atom. The van der Waals surface area contributed by atoms with E-state index >= 15 is 0 Å². The second kappa shape index (κ2) is 5.10. The molecule has 0 radical (unpaired) electrons. The predicted molar refractivity (Wildman–Crippen MR) is 65.6 cm³/mol. The molecule has 1 fully saturated rings. The SMILES string of the molecule is O=C(O)C1(c2cccc(B(O)O)c2)CCOCC1. The Hall–Kier alpha value is -1.37. The minimum Gasteiger partial charge on any atom is -0.481 e. The Bertz CT molecular complexity index is 440. The van der Waals surface area contributed by atoms with Crippen molar-refractivity contribution in [1.29, 1.82) is 0 Å². The molecule has 0 spiro atoms. The molecule has 5 nitrogen and oxygen atoms in total. The molecule has 1 aliphatic heterocycles. The maximum Gasteiger partial charge on any atom is 0.488 e. The van der Waals surface area contributed by atoms with Crippen LogP contribution in [-0.4, -0.2) is 41.5 Å². The van der Waals surface area contributed by atoms with Crippen LogP contribution in [0.25, 0.3) is 0 Å². The number of aliphatic carboxylic acids is 1. The monoisotopic (exact) mass is 250 g/mol. The van der Waals surface area contributed by atoms with Crippen molar-refractivity contribution in [2.45, 2.75) is 18.3 Å². The van der Waals surface area contributed by atoms with E-state index in [-0.39, 0.29) is 0 Å². The minimum atomic E-state index is -1.59. The van der Waals surface area contributed by atoms with Crippen LogP contribution in [0.15, 0.2) is 24.3 Å². The van der Waals surface area contributed by atoms with Crippen LogP contribution in [0.4, 0.5) is 0 Å². The lowest BCUT2D eigenvalue weighted by Gasteiger charge is -2.33. The summed E-state index contributed by atoms with van der Waals surface area (Å²) in [7, 11) is -1.59. The van der Waals surface area contributed by atoms with Gasteiger partial charge in [-0.05, 0) is 23.9 Å². The second-order valence-electron chi connectivity index (χ2n) is 4.50. The summed E-state index contributed by atoms with van der Waals surface area (Å²) >= 11 is 0. The largest absolute Gasteiger partial charge is 0.488 e. The molecule has 6 heteroatoms. The van der Waals surface area contributed by atoms with E-state index in [1.165, 1.54) is 0 Å². The third-order valence-corrected chi connectivity index (χ3v) is 3.49. The van der Waals surface area contributed by atoms with Gasteiger partial charge in [-0.1, -0.05) is 24.3 Å². The van der Waals surface area contributed by atoms with Crippen molar-refractivity contribution in [3.63, 3.8) is 0 Å². The van der Waals surface area contributed by atoms with E-state index in [0.29, 0.717) is 37.1 Å². The zero-order chi connectivity index (χ0) is 13.2. The summed E-state index contributed by atoms with van der Waals surface area (Å²) in [6.45, 7) is 0.802. The van der Waals surface area contributed by atoms with Crippen LogP contribution in [0, 0.1) is 0 Å². The summed E-state index contributed by atoms with van der Waals surface area (Å²) in [6, 6.07) is 6.46. The van der Waals surface area contributed by atoms with Crippen LogP contribution in [0.2, 0.25) is 0 Å². The number of hydrogen-bond donors (Lipinski definition) is 3. The molecule has 18 heavy (non-hydrogen) atoms. The summed E-state index contributed by atoms with van der Waals surface area (Å²) in [5.74, 6) is -0.893. The summed E-state index contributed by atoms with van der Waals surface area (Å²) in [5, 5.41) is 27.8. The van der Waals surface area contributed by atoms with Crippen molar-refractivity contribution < 1.29 is 24.7 Å². The van der Waals surface area contributed by atoms with Gasteiger partial charge in [0.15, 0.2) is 0 Å². The molecule has 96 valence electrons. The average Bonchev–Trinajstić information content (AvgIpc) is 2.39. The Labute approximate surface area is 105 Å². The topological polar surface area (TPSA) is 87.0 Å². The average molecular weight is 250 g/mol. The fraction of sp³-hybridized carbons (Fsp3) is 0.417. The van der Waals surface area contributed by atoms with E-state index < -0.39 is 18.5 Å². The Kier molecular flexibility index (Phi) is 3.70. The summed E-state index contributed by atoms with van der Waals surface area (Å²) in [6.07, 6.45) is 0.792. The molecular weight excluding hydrogens is 235 g/mol. The zero-order valence-electron chi connectivity index (χ0n) is 9.87. The van der Waals surface area contributed by atoms with Crippen LogP contribution in [0.5, 0.6) is 0 Å². The van der Waals surface area contributed by atoms with Crippen LogP contribution in [-0.2, 0) is 14.9 Å². The van der Waals surface area contributed by atoms with Gasteiger partial charge < -0.3 is 19.9 Å². The molecule has 0 aliphatic carbocycles. The molecule has 1 heterocycles. The van der Waals surface area contributed by atoms with Crippen molar-refractivity contribution in [1.82, 2.24) is 0 Å². The van der Waals surface area contributed by atoms with E-state index in [9.17, 15) is 9.90 Å². The number of carbonyl (C=O) groups is 1. The number of rotatable bonds is 3. The van der Waals surface area contributed by atoms with Crippen molar-refractivity contribution in [3.8, 4) is 0 Å². The predicted octanol–water partition coefficient (Wildman–Crippen LogP) is -0.501. The highest BCUT2D eigenvalue weighted by Crippen LogP contribution is 2.34. The lowest BCUT2D eigenvalue weighted by Crippen LogP contribution is -2.42. The highest BCUT2D eigenvalue weighted by atomic mass is 16.5. The van der Waals surface area contributed by atoms with Crippen molar-refractivity contribution in [2.24, 2.45) is 0 Å². The third-order valence-electron chi connectivity index (χ3n) is 3.49. The Morgan fingerprint density at radius 3 is 2.50 bits per heavy atom. The van der Waals surface area contributed by atoms with Crippen LogP contribution in [0.3, 0.4) is 0 Å². The first kappa shape index (κ1) is 13.1. The van der Waals surface area contributed by atoms with Gasteiger partial charge >= 0.3 is 13.1 Å². The standard InChI is InChI=1S/C12H15BO5/c14-11(15)12(4-6-18-7-5-12)9-2-1-3-10(8-9)13(16)17/h1-3,8,16-17H,4-7H2,(H,14,15). The number of hydrogen-bond acceptors (Lipinski definition) is 4. The molecule has 3 N–H and O–H groups in total. The first-order valence-electron chi connectivity index (χ1n) is 5.84. The lowest BCUT2D eigenvalue weighted by molar-refractivity contribution is -0.147. The van der Waals surface area contributed by atoms with Crippen molar-refractivity contribution >= 4 is 18.6 Å². The smallest absolute Gasteiger partial charge is 0.481 e. The number of ether oxygens (including phenoxy) is 1. The van der Waals surface area contributed by atoms with Crippen molar-refractivity contribution in [3.05, 3.63) is 29.8 Å². The number of carboxylic acid groups (broad SMARTS) is 1. The molecule has 0 saturated carbocycles. The quantitative estimate of drug-likeness (QED) is 0.629. The first-order valence-corrected chi connectivity index (χ1v) is 5.84. The van der Waals surface area contributed by atoms with Crippen molar-refractivity contribution in [2.75, 3.05) is 13.2 Å². The first-order chi connectivity index (χ1) is 8.56. The van der Waals surface area contributed by atoms with Gasteiger partial charge in [-0.3, -0.25) is 4.79 Å². The minimum absolute atomic E-state index is 0.305. The third kappa shape index (κ3) is 2.27. The molecular formula is C12H15BO5. The zero-order valence-corrected chi connectivity index (χ0v) is 9.87. The highest BCUT2D eigenvalue weighted by molar-refractivity contribution is 6.58. The Balaban J connectivity index is 2.42. The van der Waals surface area contributed by atoms with E-state index in [0.717, 1.165) is 0 Å². The molecule has 1 aromatic carbocycles. The Morgan fingerprint density at radius 1 is 1.28 bits per heavy atom. The van der Waals surface area contributed by atoms with Gasteiger partial charge in [-0.15, -0.1) is 0 Å². The fourth-order valence-electron chi connectivity index (χ4n) is 2.34. The van der Waals surface area contributed by atoms with Gasteiger partial charge in [-0.2, -0.15) is 0 Å². The van der Waals surface area contributed by atoms with Gasteiger partial charge in [0.25, 0.3) is 0 Å². The maximum absolute atomic E-state index is 11.6. The molecule has 2 rings (SSSR count). The van der Waals surface area contributed by atoms with Crippen LogP contribution < -0.4 is 5.46 Å². The summed E-state index contributed by atoms with van der Waals surface area (Å²) in [4.78, 5) is 11.6.